The van der Waals surface area contributed by atoms with Crippen LogP contribution in [0.1, 0.15) is 17.7 Å². The number of fused-ring (bicyclic) bond motifs is 3. The van der Waals surface area contributed by atoms with Crippen molar-refractivity contribution < 1.29 is 13.7 Å². The van der Waals surface area contributed by atoms with Gasteiger partial charge in [-0.15, -0.1) is 11.6 Å². The molecule has 1 aliphatic heterocycles. The highest BCUT2D eigenvalue weighted by Crippen LogP contribution is 2.43. The summed E-state index contributed by atoms with van der Waals surface area (Å²) in [6.07, 6.45) is 7.52. The van der Waals surface area contributed by atoms with Crippen LogP contribution < -0.4 is 20.6 Å². The largest absolute Gasteiger partial charge is 0.491 e. The fraction of sp³-hybridized carbons (Fsp3) is 0.167. The Labute approximate surface area is 208 Å². The van der Waals surface area contributed by atoms with Crippen molar-refractivity contribution >= 4 is 50.3 Å². The van der Waals surface area contributed by atoms with Crippen molar-refractivity contribution in [1.82, 2.24) is 9.97 Å². The van der Waals surface area contributed by atoms with Crippen LogP contribution >= 0.6 is 27.5 Å². The molecule has 0 saturated carbocycles. The van der Waals surface area contributed by atoms with Gasteiger partial charge in [0.25, 0.3) is 5.69 Å². The third-order valence-electron chi connectivity index (χ3n) is 5.54. The third-order valence-corrected chi connectivity index (χ3v) is 6.12. The second kappa shape index (κ2) is 9.90. The molecule has 1 aliphatic rings. The molecule has 1 aromatic carbocycles. The predicted molar refractivity (Wildman–Crippen MR) is 135 cm³/mol. The molecule has 0 aliphatic carbocycles. The number of nitrogens with zero attached hydrogens (tertiary/aromatic N) is 2. The van der Waals surface area contributed by atoms with Gasteiger partial charge in [0.15, 0.2) is 18.1 Å². The quantitative estimate of drug-likeness (QED) is 0.116. The molecule has 0 radical (unpaired) electrons. The number of rotatable bonds is 3. The monoisotopic (exact) mass is 544 g/mol. The van der Waals surface area contributed by atoms with Gasteiger partial charge in [0.05, 0.1) is 34.5 Å². The van der Waals surface area contributed by atoms with Gasteiger partial charge >= 0.3 is 5.56 Å². The van der Waals surface area contributed by atoms with Crippen LogP contribution in [0.2, 0.25) is 0 Å². The number of aromatic amines is 1. The van der Waals surface area contributed by atoms with E-state index < -0.39 is 5.82 Å². The molecule has 4 aromatic rings. The molecule has 7 nitrogen and oxygen atoms in total. The number of ether oxygens (including phenoxy) is 1. The van der Waals surface area contributed by atoms with Crippen LogP contribution in [0.25, 0.3) is 27.7 Å². The summed E-state index contributed by atoms with van der Waals surface area (Å²) in [6.45, 7) is 0.515. The van der Waals surface area contributed by atoms with E-state index in [-0.39, 0.29) is 16.8 Å². The number of halogens is 3. The van der Waals surface area contributed by atoms with E-state index in [2.05, 4.69) is 37.5 Å². The minimum Gasteiger partial charge on any atom is -0.491 e. The number of H-pyrrole nitrogens is 1. The number of nitrogen functional groups attached to an aromatic ring is 1. The molecular formula is C24H21BrClFN5O2+. The van der Waals surface area contributed by atoms with Gasteiger partial charge in [-0.05, 0) is 34.8 Å². The second-order valence-corrected chi connectivity index (χ2v) is 8.16. The molecule has 174 valence electrons. The Hall–Kier alpha value is -3.30. The molecule has 0 fully saturated rings. The average molecular weight is 546 g/mol. The Morgan fingerprint density at radius 1 is 1.29 bits per heavy atom. The van der Waals surface area contributed by atoms with E-state index in [4.69, 9.17) is 15.9 Å². The number of aromatic nitrogens is 3. The van der Waals surface area contributed by atoms with Crippen LogP contribution in [-0.4, -0.2) is 29.2 Å². The summed E-state index contributed by atoms with van der Waals surface area (Å²) in [5, 5.41) is 8.55. The van der Waals surface area contributed by atoms with Crippen molar-refractivity contribution in [3.05, 3.63) is 74.8 Å². The molecule has 3 aromatic heterocycles. The Bertz CT molecular complexity index is 1460. The summed E-state index contributed by atoms with van der Waals surface area (Å²) < 4.78 is 22.5. The smallest absolute Gasteiger partial charge is 0.321 e. The van der Waals surface area contributed by atoms with E-state index in [1.807, 2.05) is 6.07 Å². The maximum Gasteiger partial charge on any atom is 0.321 e. The number of nitrogens with two attached hydrogens (primary N) is 1. The number of anilines is 1. The molecule has 0 saturated heterocycles. The molecule has 0 bridgehead atoms. The molecule has 34 heavy (non-hydrogen) atoms. The maximum absolute atomic E-state index is 14.3. The van der Waals surface area contributed by atoms with Gasteiger partial charge in [-0.3, -0.25) is 4.79 Å². The molecule has 0 unspecified atom stereocenters. The standard InChI is InChI=1S/C23H17BrFN5O2.CH3Cl/c24-22-19-17(21-15(28-22)5-4-10-32-21)16(12-6-7-14(25)18(27)13(12)11-26)20(23(31)29-19)30-8-2-1-3-9-30;1-2/h1-3,6-9,11H,4-5,10H2,(H3-,26,27,29,31);1H3/p+1. The normalized spacial score (nSPS) is 12.4. The Balaban J connectivity index is 0.00000133. The maximum atomic E-state index is 14.3. The van der Waals surface area contributed by atoms with Crippen molar-refractivity contribution in [2.75, 3.05) is 18.7 Å². The molecule has 5 rings (SSSR count). The van der Waals surface area contributed by atoms with Gasteiger partial charge in [-0.1, -0.05) is 12.1 Å². The number of benzene rings is 1. The van der Waals surface area contributed by atoms with Crippen LogP contribution in [0, 0.1) is 11.2 Å². The highest BCUT2D eigenvalue weighted by molar-refractivity contribution is 9.10. The highest BCUT2D eigenvalue weighted by Gasteiger charge is 2.30. The lowest BCUT2D eigenvalue weighted by molar-refractivity contribution is -0.596. The van der Waals surface area contributed by atoms with Gasteiger partial charge in [0.1, 0.15) is 10.4 Å². The third kappa shape index (κ3) is 3.95. The number of nitrogens with one attached hydrogen (secondary N) is 2. The molecule has 10 heteroatoms. The van der Waals surface area contributed by atoms with E-state index in [0.29, 0.717) is 44.7 Å². The summed E-state index contributed by atoms with van der Waals surface area (Å²) in [6, 6.07) is 8.23. The van der Waals surface area contributed by atoms with E-state index in [0.717, 1.165) is 24.8 Å². The van der Waals surface area contributed by atoms with E-state index in [9.17, 15) is 9.18 Å². The number of hydrogen-bond donors (Lipinski definition) is 3. The Morgan fingerprint density at radius 3 is 2.74 bits per heavy atom. The van der Waals surface area contributed by atoms with E-state index in [1.165, 1.54) is 18.5 Å². The first-order chi connectivity index (χ1) is 16.5. The molecule has 0 amide bonds. The van der Waals surface area contributed by atoms with E-state index >= 15 is 0 Å². The first-order valence-electron chi connectivity index (χ1n) is 10.4. The average Bonchev–Trinajstić information content (AvgIpc) is 2.87. The number of alkyl halides is 1. The number of aryl methyl sites for hydroxylation is 1. The Morgan fingerprint density at radius 2 is 2.03 bits per heavy atom. The zero-order valence-electron chi connectivity index (χ0n) is 18.2. The SMILES string of the molecule is CCl.N=Cc1c(-c2c(-[n+]3ccccc3)c(=O)[nH]c3c(Br)nc4c(c23)OCCC4)ccc(F)c1N. The van der Waals surface area contributed by atoms with E-state index in [1.54, 1.807) is 29.1 Å². The summed E-state index contributed by atoms with van der Waals surface area (Å²) in [4.78, 5) is 20.9. The minimum atomic E-state index is -0.628. The van der Waals surface area contributed by atoms with Crippen LogP contribution in [0.3, 0.4) is 0 Å². The number of hydrogen-bond acceptors (Lipinski definition) is 5. The highest BCUT2D eigenvalue weighted by atomic mass is 79.9. The lowest BCUT2D eigenvalue weighted by atomic mass is 9.93. The van der Waals surface area contributed by atoms with Crippen LogP contribution in [0.5, 0.6) is 5.75 Å². The van der Waals surface area contributed by atoms with Crippen molar-refractivity contribution in [2.24, 2.45) is 0 Å². The zero-order chi connectivity index (χ0) is 24.4. The fourth-order valence-corrected chi connectivity index (χ4v) is 4.63. The minimum absolute atomic E-state index is 0.155. The summed E-state index contributed by atoms with van der Waals surface area (Å²) >= 11 is 8.13. The summed E-state index contributed by atoms with van der Waals surface area (Å²) in [5.74, 6) is -0.0613. The molecule has 0 atom stereocenters. The Kier molecular flexibility index (Phi) is 6.95. The second-order valence-electron chi connectivity index (χ2n) is 7.41. The molecule has 4 N–H and O–H groups in total. The molecule has 0 spiro atoms. The lowest BCUT2D eigenvalue weighted by Gasteiger charge is -2.21. The van der Waals surface area contributed by atoms with Crippen molar-refractivity contribution in [3.63, 3.8) is 0 Å². The number of pyridine rings is 3. The van der Waals surface area contributed by atoms with Gasteiger partial charge in [-0.25, -0.2) is 9.37 Å². The fourth-order valence-electron chi connectivity index (χ4n) is 4.12. The van der Waals surface area contributed by atoms with Gasteiger partial charge in [0.2, 0.25) is 0 Å². The zero-order valence-corrected chi connectivity index (χ0v) is 20.5. The predicted octanol–water partition coefficient (Wildman–Crippen LogP) is 4.53. The van der Waals surface area contributed by atoms with Gasteiger partial charge in [-0.2, -0.15) is 4.57 Å². The van der Waals surface area contributed by atoms with Crippen LogP contribution in [-0.2, 0) is 6.42 Å². The van der Waals surface area contributed by atoms with Crippen molar-refractivity contribution in [2.45, 2.75) is 12.8 Å². The first kappa shape index (κ1) is 23.8. The molecular weight excluding hydrogens is 525 g/mol. The van der Waals surface area contributed by atoms with Crippen LogP contribution in [0.15, 0.2) is 52.1 Å². The van der Waals surface area contributed by atoms with Crippen LogP contribution in [0.4, 0.5) is 10.1 Å². The summed E-state index contributed by atoms with van der Waals surface area (Å²) in [5.41, 5.74) is 8.14. The lowest BCUT2D eigenvalue weighted by Crippen LogP contribution is -2.37. The summed E-state index contributed by atoms with van der Waals surface area (Å²) in [7, 11) is 0. The first-order valence-corrected chi connectivity index (χ1v) is 11.9. The van der Waals surface area contributed by atoms with Crippen molar-refractivity contribution in [1.29, 1.82) is 5.41 Å². The van der Waals surface area contributed by atoms with Gasteiger partial charge in [0, 0.05) is 35.9 Å². The molecule has 4 heterocycles. The van der Waals surface area contributed by atoms with Gasteiger partial charge < -0.3 is 20.9 Å². The van der Waals surface area contributed by atoms with Crippen molar-refractivity contribution in [3.8, 4) is 22.6 Å². The topological polar surface area (TPSA) is 109 Å².